The highest BCUT2D eigenvalue weighted by molar-refractivity contribution is 6.74. The molecule has 2 N–H and O–H groups in total. The summed E-state index contributed by atoms with van der Waals surface area (Å²) in [6.45, 7) is 9.94. The summed E-state index contributed by atoms with van der Waals surface area (Å²) in [7, 11) is -2.22. The number of aliphatic hydroxyl groups excluding tert-OH is 1. The second-order valence-corrected chi connectivity index (χ2v) is 13.2. The number of halogens is 2. The van der Waals surface area contributed by atoms with Gasteiger partial charge in [0.25, 0.3) is 5.56 Å². The van der Waals surface area contributed by atoms with Crippen LogP contribution in [0.4, 0.5) is 4.39 Å². The molecule has 0 radical (unpaired) electrons. The maximum Gasteiger partial charge on any atom is 0.330 e. The molecule has 1 fully saturated rings. The van der Waals surface area contributed by atoms with Gasteiger partial charge in [0.1, 0.15) is 11.8 Å². The Kier molecular flexibility index (Phi) is 5.89. The first-order valence-corrected chi connectivity index (χ1v) is 11.8. The van der Waals surface area contributed by atoms with Gasteiger partial charge in [0.15, 0.2) is 8.32 Å². The van der Waals surface area contributed by atoms with Crippen LogP contribution >= 0.6 is 11.6 Å². The van der Waals surface area contributed by atoms with Gasteiger partial charge in [0.2, 0.25) is 5.82 Å². The number of aromatic nitrogens is 2. The normalized spacial score (nSPS) is 27.1. The zero-order valence-electron chi connectivity index (χ0n) is 15.6. The topological polar surface area (TPSA) is 93.6 Å². The van der Waals surface area contributed by atoms with Gasteiger partial charge in [0.05, 0.1) is 24.8 Å². The van der Waals surface area contributed by atoms with E-state index in [1.54, 1.807) is 0 Å². The van der Waals surface area contributed by atoms with Gasteiger partial charge in [-0.15, -0.1) is 11.6 Å². The number of hydrogen-bond donors (Lipinski definition) is 2. The van der Waals surface area contributed by atoms with Gasteiger partial charge in [-0.2, -0.15) is 4.39 Å². The lowest BCUT2D eigenvalue weighted by molar-refractivity contribution is -0.112. The highest BCUT2D eigenvalue weighted by Gasteiger charge is 2.53. The third-order valence-corrected chi connectivity index (χ3v) is 10.3. The Hall–Kier alpha value is -1.00. The van der Waals surface area contributed by atoms with Gasteiger partial charge in [0, 0.05) is 6.42 Å². The molecule has 0 spiro atoms. The number of alkyl halides is 1. The van der Waals surface area contributed by atoms with Crippen LogP contribution in [-0.4, -0.2) is 47.2 Å². The zero-order valence-corrected chi connectivity index (χ0v) is 17.4. The molecule has 0 unspecified atom stereocenters. The highest BCUT2D eigenvalue weighted by Crippen LogP contribution is 2.44. The minimum Gasteiger partial charge on any atom is -0.411 e. The second-order valence-electron chi connectivity index (χ2n) is 8.18. The molecule has 0 amide bonds. The van der Waals surface area contributed by atoms with E-state index in [-0.39, 0.29) is 17.3 Å². The first kappa shape index (κ1) is 21.3. The van der Waals surface area contributed by atoms with Crippen molar-refractivity contribution in [2.45, 2.75) is 63.3 Å². The van der Waals surface area contributed by atoms with E-state index in [4.69, 9.17) is 20.8 Å². The van der Waals surface area contributed by atoms with E-state index in [0.717, 1.165) is 10.8 Å². The summed E-state index contributed by atoms with van der Waals surface area (Å²) in [6, 6.07) is 0. The minimum atomic E-state index is -2.22. The van der Waals surface area contributed by atoms with Crippen LogP contribution in [0.15, 0.2) is 15.8 Å². The molecule has 1 aliphatic heterocycles. The molecule has 0 saturated carbocycles. The average Bonchev–Trinajstić information content (AvgIpc) is 2.88. The Morgan fingerprint density at radius 2 is 2.12 bits per heavy atom. The molecule has 2 rings (SSSR count). The van der Waals surface area contributed by atoms with E-state index in [1.807, 2.05) is 4.98 Å². The summed E-state index contributed by atoms with van der Waals surface area (Å²) >= 11 is 6.08. The monoisotopic (exact) mass is 408 g/mol. The number of nitrogens with one attached hydrogen (secondary N) is 1. The number of rotatable bonds is 5. The largest absolute Gasteiger partial charge is 0.411 e. The molecule has 1 aromatic rings. The fraction of sp³-hybridized carbons (Fsp3) is 0.750. The van der Waals surface area contributed by atoms with E-state index in [2.05, 4.69) is 33.9 Å². The lowest BCUT2D eigenvalue weighted by Crippen LogP contribution is -2.53. The van der Waals surface area contributed by atoms with E-state index < -0.39 is 49.9 Å². The third-order valence-electron chi connectivity index (χ3n) is 5.34. The van der Waals surface area contributed by atoms with Crippen molar-refractivity contribution in [1.82, 2.24) is 9.55 Å². The number of aromatic amines is 1. The van der Waals surface area contributed by atoms with Crippen molar-refractivity contribution in [3.05, 3.63) is 32.9 Å². The molecule has 3 atom stereocenters. The van der Waals surface area contributed by atoms with Gasteiger partial charge in [-0.05, 0) is 18.1 Å². The maximum absolute atomic E-state index is 13.6. The number of H-pyrrole nitrogens is 1. The molecule has 148 valence electrons. The Morgan fingerprint density at radius 1 is 1.50 bits per heavy atom. The molecular formula is C16H26ClFN2O5Si. The van der Waals surface area contributed by atoms with Crippen molar-refractivity contribution in [3.63, 3.8) is 0 Å². The number of nitrogens with zero attached hydrogens (tertiary/aromatic N) is 1. The Balaban J connectivity index is 2.40. The third kappa shape index (κ3) is 3.82. The van der Waals surface area contributed by atoms with Crippen LogP contribution in [0.5, 0.6) is 0 Å². The van der Waals surface area contributed by atoms with E-state index in [9.17, 15) is 19.1 Å². The van der Waals surface area contributed by atoms with E-state index in [1.165, 1.54) is 0 Å². The van der Waals surface area contributed by atoms with Crippen LogP contribution in [0.3, 0.4) is 0 Å². The molecule has 0 bridgehead atoms. The van der Waals surface area contributed by atoms with Gasteiger partial charge >= 0.3 is 5.69 Å². The number of aliphatic hydroxyl groups is 1. The lowest BCUT2D eigenvalue weighted by Gasteiger charge is -2.42. The fourth-order valence-corrected chi connectivity index (χ4v) is 4.32. The molecule has 7 nitrogen and oxygen atoms in total. The summed E-state index contributed by atoms with van der Waals surface area (Å²) in [5.41, 5.74) is -3.10. The van der Waals surface area contributed by atoms with Crippen LogP contribution < -0.4 is 11.2 Å². The van der Waals surface area contributed by atoms with Crippen LogP contribution in [0, 0.1) is 5.82 Å². The molecule has 1 aromatic heterocycles. The number of ether oxygens (including phenoxy) is 1. The summed E-state index contributed by atoms with van der Waals surface area (Å²) in [4.78, 5) is 25.2. The van der Waals surface area contributed by atoms with E-state index >= 15 is 0 Å². The Bertz CT molecular complexity index is 769. The van der Waals surface area contributed by atoms with Gasteiger partial charge in [-0.1, -0.05) is 20.8 Å². The molecule has 26 heavy (non-hydrogen) atoms. The molecular weight excluding hydrogens is 383 g/mol. The van der Waals surface area contributed by atoms with Crippen LogP contribution in [0.2, 0.25) is 18.1 Å². The molecule has 1 saturated heterocycles. The summed E-state index contributed by atoms with van der Waals surface area (Å²) in [5, 5.41) is 9.84. The summed E-state index contributed by atoms with van der Waals surface area (Å²) in [5.74, 6) is -1.15. The molecule has 1 aliphatic rings. The molecule has 0 aromatic carbocycles. The Morgan fingerprint density at radius 3 is 2.62 bits per heavy atom. The zero-order chi connectivity index (χ0) is 19.9. The molecule has 0 aliphatic carbocycles. The van der Waals surface area contributed by atoms with Crippen molar-refractivity contribution in [2.24, 2.45) is 0 Å². The van der Waals surface area contributed by atoms with Crippen molar-refractivity contribution in [1.29, 1.82) is 0 Å². The molecule has 2 heterocycles. The standard InChI is InChI=1S/C16H26ClFN2O5Si/c1-15(2,3)26(4,5)25-11-6-12(24-16(11,8-17)9-21)20-7-10(18)13(22)19-14(20)23/h7,11-12,21H,6,8-9H2,1-5H3,(H,19,22,23)/t11-,12+,16+/m0/s1. The Labute approximate surface area is 157 Å². The first-order chi connectivity index (χ1) is 11.9. The predicted octanol–water partition coefficient (Wildman–Crippen LogP) is 1.95. The molecule has 10 heteroatoms. The smallest absolute Gasteiger partial charge is 0.330 e. The lowest BCUT2D eigenvalue weighted by atomic mass is 10.0. The SMILES string of the molecule is CC(C)(C)[Si](C)(C)O[C@H]1C[C@H](n2cc(F)c(=O)[nH]c2=O)O[C@@]1(CO)CCl. The van der Waals surface area contributed by atoms with Crippen LogP contribution in [0.1, 0.15) is 33.4 Å². The van der Waals surface area contributed by atoms with E-state index in [0.29, 0.717) is 0 Å². The maximum atomic E-state index is 13.6. The van der Waals surface area contributed by atoms with Crippen molar-refractivity contribution < 1.29 is 18.7 Å². The highest BCUT2D eigenvalue weighted by atomic mass is 35.5. The summed E-state index contributed by atoms with van der Waals surface area (Å²) in [6.07, 6.45) is -0.477. The average molecular weight is 409 g/mol. The first-order valence-electron chi connectivity index (χ1n) is 8.40. The predicted molar refractivity (Wildman–Crippen MR) is 98.6 cm³/mol. The van der Waals surface area contributed by atoms with Gasteiger partial charge < -0.3 is 14.3 Å². The van der Waals surface area contributed by atoms with Crippen LogP contribution in [0.25, 0.3) is 0 Å². The fourth-order valence-electron chi connectivity index (χ4n) is 2.62. The van der Waals surface area contributed by atoms with Gasteiger partial charge in [-0.25, -0.2) is 4.79 Å². The van der Waals surface area contributed by atoms with Crippen molar-refractivity contribution >= 4 is 19.9 Å². The second kappa shape index (κ2) is 7.20. The van der Waals surface area contributed by atoms with Gasteiger partial charge in [-0.3, -0.25) is 14.3 Å². The van der Waals surface area contributed by atoms with Crippen LogP contribution in [-0.2, 0) is 9.16 Å². The van der Waals surface area contributed by atoms with Crippen molar-refractivity contribution in [2.75, 3.05) is 12.5 Å². The number of hydrogen-bond acceptors (Lipinski definition) is 5. The quantitative estimate of drug-likeness (QED) is 0.573. The minimum absolute atomic E-state index is 0.0557. The summed E-state index contributed by atoms with van der Waals surface area (Å²) < 4.78 is 26.9. The van der Waals surface area contributed by atoms with Crippen molar-refractivity contribution in [3.8, 4) is 0 Å².